The number of hydrogen-bond donors (Lipinski definition) is 1. The average molecular weight is 572 g/mol. The van der Waals surface area contributed by atoms with Crippen molar-refractivity contribution in [2.75, 3.05) is 12.3 Å². The number of imidazole rings is 1. The van der Waals surface area contributed by atoms with Crippen molar-refractivity contribution >= 4 is 23.0 Å². The van der Waals surface area contributed by atoms with Crippen molar-refractivity contribution in [1.82, 2.24) is 19.5 Å². The summed E-state index contributed by atoms with van der Waals surface area (Å²) in [7, 11) is 0. The zero-order chi connectivity index (χ0) is 29.3. The van der Waals surface area contributed by atoms with Gasteiger partial charge in [-0.15, -0.1) is 6.42 Å². The van der Waals surface area contributed by atoms with Crippen LogP contribution in [0, 0.1) is 18.4 Å². The fraction of sp³-hybridized carbons (Fsp3) is 0.750. The van der Waals surface area contributed by atoms with E-state index in [1.165, 1.54) is 96.2 Å². The third kappa shape index (κ3) is 10.9. The van der Waals surface area contributed by atoms with Crippen LogP contribution in [0.4, 0.5) is 10.2 Å². The van der Waals surface area contributed by atoms with Crippen molar-refractivity contribution in [2.45, 2.75) is 147 Å². The standard InChI is InChI=1S/C32H50FN5O3/c1-3-5-6-7-8-9-10-11-12-13-14-15-16-17-18-19-20-21-27(39)40-24-32(4-2)23-22-26(41-32)38-25-35-28-29(34)36-31(33)37-30(28)38/h2,25-26H,3,5-24H2,1H3,(H2,34,36,37)/t26?,32-/m0/s1. The number of halogens is 1. The van der Waals surface area contributed by atoms with Crippen molar-refractivity contribution < 1.29 is 18.7 Å². The first-order chi connectivity index (χ1) is 20.0. The maximum absolute atomic E-state index is 13.7. The van der Waals surface area contributed by atoms with Crippen LogP contribution >= 0.6 is 0 Å². The molecule has 228 valence electrons. The molecule has 9 heteroatoms. The van der Waals surface area contributed by atoms with Crippen LogP contribution in [0.25, 0.3) is 11.2 Å². The third-order valence-electron chi connectivity index (χ3n) is 8.10. The van der Waals surface area contributed by atoms with Gasteiger partial charge in [0.1, 0.15) is 12.8 Å². The summed E-state index contributed by atoms with van der Waals surface area (Å²) in [5, 5.41) is 0. The number of hydrogen-bond acceptors (Lipinski definition) is 7. The van der Waals surface area contributed by atoms with E-state index in [0.717, 1.165) is 19.3 Å². The Labute approximate surface area is 245 Å². The van der Waals surface area contributed by atoms with E-state index in [9.17, 15) is 9.18 Å². The molecule has 0 saturated carbocycles. The predicted octanol–water partition coefficient (Wildman–Crippen LogP) is 7.81. The first kappa shape index (κ1) is 32.8. The lowest BCUT2D eigenvalue weighted by Crippen LogP contribution is -2.34. The molecule has 8 nitrogen and oxygen atoms in total. The second kappa shape index (κ2) is 17.9. The molecule has 2 atom stereocenters. The maximum Gasteiger partial charge on any atom is 0.312 e. The highest BCUT2D eigenvalue weighted by Gasteiger charge is 2.41. The van der Waals surface area contributed by atoms with Gasteiger partial charge in [-0.25, -0.2) is 4.98 Å². The molecule has 0 bridgehead atoms. The van der Waals surface area contributed by atoms with Crippen molar-refractivity contribution in [3.8, 4) is 12.3 Å². The highest BCUT2D eigenvalue weighted by Crippen LogP contribution is 2.38. The van der Waals surface area contributed by atoms with E-state index in [4.69, 9.17) is 21.6 Å². The summed E-state index contributed by atoms with van der Waals surface area (Å²) in [4.78, 5) is 23.8. The second-order valence-electron chi connectivity index (χ2n) is 11.5. The van der Waals surface area contributed by atoms with Crippen LogP contribution in [0.2, 0.25) is 0 Å². The van der Waals surface area contributed by atoms with Gasteiger partial charge in [-0.1, -0.05) is 116 Å². The first-order valence-corrected chi connectivity index (χ1v) is 15.9. The molecule has 1 unspecified atom stereocenters. The number of terminal acetylenes is 1. The van der Waals surface area contributed by atoms with Gasteiger partial charge >= 0.3 is 12.0 Å². The minimum absolute atomic E-state index is 0.0180. The lowest BCUT2D eigenvalue weighted by atomic mass is 10.0. The Hall–Kier alpha value is -2.73. The largest absolute Gasteiger partial charge is 0.462 e. The van der Waals surface area contributed by atoms with E-state index in [0.29, 0.717) is 24.8 Å². The predicted molar refractivity (Wildman–Crippen MR) is 160 cm³/mol. The number of fused-ring (bicyclic) bond motifs is 1. The summed E-state index contributed by atoms with van der Waals surface area (Å²) in [6.07, 6.45) is 29.3. The summed E-state index contributed by atoms with van der Waals surface area (Å²) >= 11 is 0. The van der Waals surface area contributed by atoms with Gasteiger partial charge in [-0.3, -0.25) is 9.36 Å². The third-order valence-corrected chi connectivity index (χ3v) is 8.10. The number of rotatable bonds is 21. The number of unbranched alkanes of at least 4 members (excludes halogenated alkanes) is 16. The molecule has 3 heterocycles. The number of nitrogen functional groups attached to an aromatic ring is 1. The molecule has 1 aliphatic rings. The first-order valence-electron chi connectivity index (χ1n) is 15.9. The normalized spacial score (nSPS) is 18.6. The van der Waals surface area contributed by atoms with Gasteiger partial charge in [0.25, 0.3) is 0 Å². The van der Waals surface area contributed by atoms with Crippen LogP contribution < -0.4 is 5.73 Å². The van der Waals surface area contributed by atoms with E-state index in [1.807, 2.05) is 0 Å². The summed E-state index contributed by atoms with van der Waals surface area (Å²) in [6.45, 7) is 2.25. The fourth-order valence-electron chi connectivity index (χ4n) is 5.57. The van der Waals surface area contributed by atoms with Crippen LogP contribution in [0.15, 0.2) is 6.33 Å². The smallest absolute Gasteiger partial charge is 0.312 e. The molecule has 0 amide bonds. The molecule has 0 aromatic carbocycles. The lowest BCUT2D eigenvalue weighted by Gasteiger charge is -2.23. The van der Waals surface area contributed by atoms with Gasteiger partial charge in [-0.05, 0) is 19.3 Å². The van der Waals surface area contributed by atoms with Crippen LogP contribution in [0.1, 0.15) is 142 Å². The zero-order valence-electron chi connectivity index (χ0n) is 25.1. The number of aromatic nitrogens is 4. The number of ether oxygens (including phenoxy) is 2. The van der Waals surface area contributed by atoms with E-state index in [1.54, 1.807) is 4.57 Å². The van der Waals surface area contributed by atoms with E-state index in [-0.39, 0.29) is 24.0 Å². The number of carbonyl (C=O) groups excluding carboxylic acids is 1. The highest BCUT2D eigenvalue weighted by atomic mass is 19.1. The molecular weight excluding hydrogens is 521 g/mol. The molecule has 0 radical (unpaired) electrons. The van der Waals surface area contributed by atoms with Crippen molar-refractivity contribution in [1.29, 1.82) is 0 Å². The van der Waals surface area contributed by atoms with Crippen molar-refractivity contribution in [3.63, 3.8) is 0 Å². The quantitative estimate of drug-likeness (QED) is 0.0705. The molecule has 1 aliphatic heterocycles. The summed E-state index contributed by atoms with van der Waals surface area (Å²) in [6, 6.07) is 0. The topological polar surface area (TPSA) is 105 Å². The molecule has 1 fully saturated rings. The second-order valence-corrected chi connectivity index (χ2v) is 11.5. The molecule has 41 heavy (non-hydrogen) atoms. The van der Waals surface area contributed by atoms with E-state index < -0.39 is 17.9 Å². The molecular formula is C32H50FN5O3. The number of nitrogens with zero attached hydrogens (tertiary/aromatic N) is 4. The molecule has 2 N–H and O–H groups in total. The maximum atomic E-state index is 13.7. The van der Waals surface area contributed by atoms with Crippen LogP contribution in [0.3, 0.4) is 0 Å². The molecule has 0 aliphatic carbocycles. The van der Waals surface area contributed by atoms with E-state index in [2.05, 4.69) is 27.8 Å². The lowest BCUT2D eigenvalue weighted by molar-refractivity contribution is -0.152. The van der Waals surface area contributed by atoms with Crippen molar-refractivity contribution in [3.05, 3.63) is 12.4 Å². The Balaban J connectivity index is 1.20. The molecule has 1 saturated heterocycles. The van der Waals surface area contributed by atoms with Gasteiger partial charge in [-0.2, -0.15) is 14.4 Å². The molecule has 2 aromatic rings. The Bertz CT molecular complexity index is 1100. The Morgan fingerprint density at radius 3 is 2.15 bits per heavy atom. The minimum atomic E-state index is -1.04. The highest BCUT2D eigenvalue weighted by molar-refractivity contribution is 5.81. The van der Waals surface area contributed by atoms with Crippen LogP contribution in [-0.4, -0.2) is 37.7 Å². The van der Waals surface area contributed by atoms with Gasteiger partial charge in [0.2, 0.25) is 0 Å². The summed E-state index contributed by atoms with van der Waals surface area (Å²) in [5.41, 5.74) is 5.25. The van der Waals surface area contributed by atoms with Crippen LogP contribution in [0.5, 0.6) is 0 Å². The number of carbonyl (C=O) groups is 1. The number of nitrogens with two attached hydrogens (primary N) is 1. The van der Waals surface area contributed by atoms with Crippen molar-refractivity contribution in [2.24, 2.45) is 0 Å². The number of anilines is 1. The minimum Gasteiger partial charge on any atom is -0.462 e. The van der Waals surface area contributed by atoms with Gasteiger partial charge in [0, 0.05) is 6.42 Å². The molecule has 0 spiro atoms. The van der Waals surface area contributed by atoms with E-state index >= 15 is 0 Å². The Morgan fingerprint density at radius 1 is 1.02 bits per heavy atom. The molecule has 2 aromatic heterocycles. The Kier molecular flexibility index (Phi) is 14.3. The SMILES string of the molecule is C#C[C@@]1(COC(=O)CCCCCCCCCCCCCCCCCCC)CCC(n2cnc3c(N)nc(F)nc32)O1. The summed E-state index contributed by atoms with van der Waals surface area (Å²) < 4.78 is 26.9. The summed E-state index contributed by atoms with van der Waals surface area (Å²) in [5.74, 6) is 2.36. The molecule has 3 rings (SSSR count). The van der Waals surface area contributed by atoms with Gasteiger partial charge < -0.3 is 15.2 Å². The number of esters is 1. The zero-order valence-corrected chi connectivity index (χ0v) is 25.1. The van der Waals surface area contributed by atoms with Gasteiger partial charge in [0.15, 0.2) is 22.6 Å². The Morgan fingerprint density at radius 2 is 1.59 bits per heavy atom. The fourth-order valence-corrected chi connectivity index (χ4v) is 5.57. The van der Waals surface area contributed by atoms with Crippen LogP contribution in [-0.2, 0) is 14.3 Å². The average Bonchev–Trinajstić information content (AvgIpc) is 3.58. The van der Waals surface area contributed by atoms with Gasteiger partial charge in [0.05, 0.1) is 6.33 Å². The monoisotopic (exact) mass is 571 g/mol.